The molecule has 0 saturated carbocycles. The number of methoxy groups -OCH3 is 1. The summed E-state index contributed by atoms with van der Waals surface area (Å²) in [4.78, 5) is 7.45. The predicted molar refractivity (Wildman–Crippen MR) is 64.9 cm³/mol. The molecular formula is C12H20OSn. The molecule has 2 heteroatoms. The van der Waals surface area contributed by atoms with Crippen LogP contribution in [-0.4, -0.2) is 25.5 Å². The summed E-state index contributed by atoms with van der Waals surface area (Å²) in [6.45, 7) is 0. The van der Waals surface area contributed by atoms with Crippen molar-refractivity contribution >= 4 is 18.4 Å². The van der Waals surface area contributed by atoms with Crippen LogP contribution in [0.15, 0.2) is 24.3 Å². The minimum absolute atomic E-state index is 0.952. The summed E-state index contributed by atoms with van der Waals surface area (Å²) in [5, 5.41) is 0. The molecular weight excluding hydrogens is 279 g/mol. The van der Waals surface area contributed by atoms with Crippen molar-refractivity contribution in [1.29, 1.82) is 0 Å². The van der Waals surface area contributed by atoms with Crippen molar-refractivity contribution in [1.82, 2.24) is 0 Å². The van der Waals surface area contributed by atoms with Crippen molar-refractivity contribution in [2.45, 2.75) is 25.7 Å². The number of hydrogen-bond acceptors (Lipinski definition) is 1. The number of hydrogen-bond donors (Lipinski definition) is 0. The van der Waals surface area contributed by atoms with Gasteiger partial charge in [-0.2, -0.15) is 0 Å². The van der Waals surface area contributed by atoms with Gasteiger partial charge in [-0.15, -0.1) is 0 Å². The first-order chi connectivity index (χ1) is 6.51. The van der Waals surface area contributed by atoms with Crippen LogP contribution >= 0.6 is 0 Å². The molecule has 0 aliphatic carbocycles. The number of benzene rings is 1. The molecule has 0 N–H and O–H groups in total. The van der Waals surface area contributed by atoms with Crippen molar-refractivity contribution in [2.75, 3.05) is 7.11 Å². The van der Waals surface area contributed by atoms with E-state index >= 15 is 0 Å². The molecule has 0 saturated heterocycles. The minimum atomic E-state index is -1.56. The third-order valence-electron chi connectivity index (χ3n) is 2.32. The van der Waals surface area contributed by atoms with Crippen LogP contribution < -0.4 is 4.74 Å². The van der Waals surface area contributed by atoms with E-state index in [2.05, 4.69) is 27.0 Å². The van der Waals surface area contributed by atoms with Gasteiger partial charge in [-0.1, -0.05) is 0 Å². The Bertz CT molecular complexity index is 271. The summed E-state index contributed by atoms with van der Waals surface area (Å²) >= 11 is -1.56. The van der Waals surface area contributed by atoms with Crippen LogP contribution in [-0.2, 0) is 6.42 Å². The molecule has 0 aliphatic heterocycles. The SMILES string of the molecule is COc1ccc(C[CH2][Sn]([CH3])([CH3])[CH3])cc1. The molecule has 14 heavy (non-hydrogen) atoms. The topological polar surface area (TPSA) is 9.23 Å². The van der Waals surface area contributed by atoms with Crippen LogP contribution in [0.4, 0.5) is 0 Å². The fourth-order valence-corrected chi connectivity index (χ4v) is 4.28. The molecule has 0 atom stereocenters. The molecule has 1 aromatic carbocycles. The van der Waals surface area contributed by atoms with Crippen LogP contribution in [0.25, 0.3) is 0 Å². The second-order valence-corrected chi connectivity index (χ2v) is 21.0. The second kappa shape index (κ2) is 5.06. The van der Waals surface area contributed by atoms with Crippen molar-refractivity contribution in [3.63, 3.8) is 0 Å². The Balaban J connectivity index is 2.52. The molecule has 0 spiro atoms. The number of ether oxygens (including phenoxy) is 1. The summed E-state index contributed by atoms with van der Waals surface area (Å²) in [5.41, 5.74) is 1.44. The van der Waals surface area contributed by atoms with E-state index in [1.54, 1.807) is 7.11 Å². The van der Waals surface area contributed by atoms with E-state index in [-0.39, 0.29) is 0 Å². The van der Waals surface area contributed by atoms with Gasteiger partial charge in [-0.05, 0) is 0 Å². The fourth-order valence-electron chi connectivity index (χ4n) is 1.31. The van der Waals surface area contributed by atoms with Gasteiger partial charge in [0, 0.05) is 0 Å². The van der Waals surface area contributed by atoms with Gasteiger partial charge < -0.3 is 0 Å². The summed E-state index contributed by atoms with van der Waals surface area (Å²) in [6.07, 6.45) is 1.24. The first-order valence-corrected chi connectivity index (χ1v) is 15.7. The first-order valence-electron chi connectivity index (χ1n) is 5.14. The van der Waals surface area contributed by atoms with Crippen molar-refractivity contribution < 1.29 is 4.74 Å². The monoisotopic (exact) mass is 300 g/mol. The van der Waals surface area contributed by atoms with Crippen molar-refractivity contribution in [2.24, 2.45) is 0 Å². The first kappa shape index (κ1) is 11.9. The quantitative estimate of drug-likeness (QED) is 0.772. The predicted octanol–water partition coefficient (Wildman–Crippen LogP) is 3.58. The van der Waals surface area contributed by atoms with Crippen LogP contribution in [0.3, 0.4) is 0 Å². The second-order valence-electron chi connectivity index (χ2n) is 4.91. The van der Waals surface area contributed by atoms with Gasteiger partial charge in [0.2, 0.25) is 0 Å². The van der Waals surface area contributed by atoms with Gasteiger partial charge in [0.05, 0.1) is 0 Å². The van der Waals surface area contributed by atoms with E-state index in [0.29, 0.717) is 0 Å². The normalized spacial score (nSPS) is 11.4. The molecule has 1 rings (SSSR count). The van der Waals surface area contributed by atoms with Gasteiger partial charge in [0.1, 0.15) is 0 Å². The van der Waals surface area contributed by atoms with Crippen LogP contribution in [0, 0.1) is 0 Å². The van der Waals surface area contributed by atoms with Gasteiger partial charge in [-0.3, -0.25) is 0 Å². The fraction of sp³-hybridized carbons (Fsp3) is 0.500. The van der Waals surface area contributed by atoms with E-state index in [9.17, 15) is 0 Å². The number of aryl methyl sites for hydroxylation is 1. The summed E-state index contributed by atoms with van der Waals surface area (Å²) in [7, 11) is 1.71. The Labute approximate surface area is 91.4 Å². The summed E-state index contributed by atoms with van der Waals surface area (Å²) < 4.78 is 6.56. The molecule has 0 bridgehead atoms. The van der Waals surface area contributed by atoms with E-state index in [1.165, 1.54) is 16.4 Å². The van der Waals surface area contributed by atoms with E-state index in [1.807, 2.05) is 12.1 Å². The Morgan fingerprint density at radius 2 is 1.64 bits per heavy atom. The molecule has 78 valence electrons. The maximum atomic E-state index is 5.13. The standard InChI is InChI=1S/C9H11O.3CH3.Sn/c1-3-8-4-6-9(10-2)7-5-8;;;;/h4-7H,1,3H2,2H3;3*1H3;. The zero-order valence-electron chi connectivity index (χ0n) is 9.63. The van der Waals surface area contributed by atoms with E-state index < -0.39 is 18.4 Å². The Kier molecular flexibility index (Phi) is 4.29. The van der Waals surface area contributed by atoms with Gasteiger partial charge >= 0.3 is 91.5 Å². The number of rotatable bonds is 4. The zero-order valence-corrected chi connectivity index (χ0v) is 12.5. The van der Waals surface area contributed by atoms with E-state index in [4.69, 9.17) is 4.74 Å². The maximum absolute atomic E-state index is 5.13. The van der Waals surface area contributed by atoms with Crippen molar-refractivity contribution in [3.05, 3.63) is 29.8 Å². The molecule has 0 amide bonds. The van der Waals surface area contributed by atoms with Crippen molar-refractivity contribution in [3.8, 4) is 5.75 Å². The van der Waals surface area contributed by atoms with Gasteiger partial charge in [0.25, 0.3) is 0 Å². The molecule has 0 heterocycles. The van der Waals surface area contributed by atoms with Gasteiger partial charge in [-0.25, -0.2) is 0 Å². The molecule has 1 nitrogen and oxygen atoms in total. The summed E-state index contributed by atoms with van der Waals surface area (Å²) in [5.74, 6) is 0.952. The average Bonchev–Trinajstić information content (AvgIpc) is 2.14. The molecule has 0 aromatic heterocycles. The van der Waals surface area contributed by atoms with Gasteiger partial charge in [0.15, 0.2) is 0 Å². The molecule has 0 radical (unpaired) electrons. The molecule has 0 fully saturated rings. The third-order valence-corrected chi connectivity index (χ3v) is 7.32. The third kappa shape index (κ3) is 4.36. The van der Waals surface area contributed by atoms with Crippen LogP contribution in [0.1, 0.15) is 5.56 Å². The zero-order chi connectivity index (χ0) is 10.6. The Morgan fingerprint density at radius 1 is 1.07 bits per heavy atom. The Hall–Kier alpha value is -0.181. The van der Waals surface area contributed by atoms with E-state index in [0.717, 1.165) is 5.75 Å². The average molecular weight is 299 g/mol. The molecule has 0 aliphatic rings. The molecule has 0 unspecified atom stereocenters. The van der Waals surface area contributed by atoms with Crippen LogP contribution in [0.5, 0.6) is 5.75 Å². The van der Waals surface area contributed by atoms with Crippen LogP contribution in [0.2, 0.25) is 19.3 Å². The molecule has 1 aromatic rings. The Morgan fingerprint density at radius 3 is 2.07 bits per heavy atom. The summed E-state index contributed by atoms with van der Waals surface area (Å²) in [6, 6.07) is 8.45.